The van der Waals surface area contributed by atoms with Crippen molar-refractivity contribution in [3.63, 3.8) is 0 Å². The van der Waals surface area contributed by atoms with Crippen LogP contribution >= 0.6 is 0 Å². The van der Waals surface area contributed by atoms with Crippen LogP contribution in [0.5, 0.6) is 0 Å². The van der Waals surface area contributed by atoms with E-state index in [1.807, 2.05) is 27.7 Å². The van der Waals surface area contributed by atoms with Gasteiger partial charge < -0.3 is 10.6 Å². The van der Waals surface area contributed by atoms with Gasteiger partial charge in [-0.2, -0.15) is 0 Å². The maximum Gasteiger partial charge on any atom is 0.251 e. The summed E-state index contributed by atoms with van der Waals surface area (Å²) >= 11 is 0. The van der Waals surface area contributed by atoms with Gasteiger partial charge in [0.05, 0.1) is 0 Å². The molecular formula is C17H26N2O2. The molecule has 0 fully saturated rings. The summed E-state index contributed by atoms with van der Waals surface area (Å²) in [5.74, 6) is 0.331. The SMILES string of the molecule is CCC(CC)C(=O)Nc1cccc(C(=O)NCC(C)C)c1. The Labute approximate surface area is 127 Å². The van der Waals surface area contributed by atoms with Crippen LogP contribution in [0.4, 0.5) is 5.69 Å². The number of hydrogen-bond acceptors (Lipinski definition) is 2. The average molecular weight is 290 g/mol. The van der Waals surface area contributed by atoms with Crippen LogP contribution in [-0.4, -0.2) is 18.4 Å². The Bertz CT molecular complexity index is 479. The minimum absolute atomic E-state index is 0.0136. The quantitative estimate of drug-likeness (QED) is 0.808. The number of amides is 2. The van der Waals surface area contributed by atoms with Crippen LogP contribution in [0, 0.1) is 11.8 Å². The lowest BCUT2D eigenvalue weighted by atomic mass is 10.0. The number of anilines is 1. The van der Waals surface area contributed by atoms with Crippen molar-refractivity contribution in [1.29, 1.82) is 0 Å². The molecule has 2 N–H and O–H groups in total. The van der Waals surface area contributed by atoms with Crippen molar-refractivity contribution in [3.8, 4) is 0 Å². The van der Waals surface area contributed by atoms with E-state index < -0.39 is 0 Å². The third-order valence-corrected chi connectivity index (χ3v) is 3.42. The minimum atomic E-state index is -0.109. The molecule has 116 valence electrons. The summed E-state index contributed by atoms with van der Waals surface area (Å²) in [5, 5.41) is 5.76. The molecule has 1 rings (SSSR count). The van der Waals surface area contributed by atoms with Gasteiger partial charge in [-0.3, -0.25) is 9.59 Å². The van der Waals surface area contributed by atoms with Crippen LogP contribution < -0.4 is 10.6 Å². The molecule has 0 radical (unpaired) electrons. The van der Waals surface area contributed by atoms with Crippen molar-refractivity contribution in [1.82, 2.24) is 5.32 Å². The fraction of sp³-hybridized carbons (Fsp3) is 0.529. The monoisotopic (exact) mass is 290 g/mol. The van der Waals surface area contributed by atoms with Crippen LogP contribution in [-0.2, 0) is 4.79 Å². The second-order valence-corrected chi connectivity index (χ2v) is 5.69. The molecule has 4 nitrogen and oxygen atoms in total. The molecule has 0 heterocycles. The second-order valence-electron chi connectivity index (χ2n) is 5.69. The second kappa shape index (κ2) is 8.45. The van der Waals surface area contributed by atoms with E-state index in [9.17, 15) is 9.59 Å². The van der Waals surface area contributed by atoms with Gasteiger partial charge in [-0.05, 0) is 37.0 Å². The summed E-state index contributed by atoms with van der Waals surface area (Å²) < 4.78 is 0. The lowest BCUT2D eigenvalue weighted by Crippen LogP contribution is -2.27. The fourth-order valence-electron chi connectivity index (χ4n) is 2.04. The van der Waals surface area contributed by atoms with Crippen LogP contribution in [0.25, 0.3) is 0 Å². The van der Waals surface area contributed by atoms with Crippen LogP contribution in [0.1, 0.15) is 50.9 Å². The predicted molar refractivity (Wildman–Crippen MR) is 86.3 cm³/mol. The molecule has 0 unspecified atom stereocenters. The zero-order valence-corrected chi connectivity index (χ0v) is 13.4. The fourth-order valence-corrected chi connectivity index (χ4v) is 2.04. The molecule has 0 atom stereocenters. The van der Waals surface area contributed by atoms with Crippen molar-refractivity contribution in [2.24, 2.45) is 11.8 Å². The van der Waals surface area contributed by atoms with Gasteiger partial charge in [0.25, 0.3) is 5.91 Å². The zero-order valence-electron chi connectivity index (χ0n) is 13.4. The molecule has 0 aliphatic carbocycles. The molecule has 0 bridgehead atoms. The molecule has 0 saturated heterocycles. The van der Waals surface area contributed by atoms with E-state index in [-0.39, 0.29) is 17.7 Å². The number of carbonyl (C=O) groups excluding carboxylic acids is 2. The van der Waals surface area contributed by atoms with E-state index in [0.29, 0.717) is 23.7 Å². The average Bonchev–Trinajstić information content (AvgIpc) is 2.46. The van der Waals surface area contributed by atoms with E-state index in [2.05, 4.69) is 10.6 Å². The highest BCUT2D eigenvalue weighted by atomic mass is 16.2. The normalized spacial score (nSPS) is 10.8. The van der Waals surface area contributed by atoms with Crippen molar-refractivity contribution >= 4 is 17.5 Å². The number of hydrogen-bond donors (Lipinski definition) is 2. The van der Waals surface area contributed by atoms with Gasteiger partial charge in [0.1, 0.15) is 0 Å². The van der Waals surface area contributed by atoms with E-state index in [0.717, 1.165) is 12.8 Å². The molecule has 0 aromatic heterocycles. The van der Waals surface area contributed by atoms with Crippen LogP contribution in [0.2, 0.25) is 0 Å². The highest BCUT2D eigenvalue weighted by Crippen LogP contribution is 2.15. The van der Waals surface area contributed by atoms with Gasteiger partial charge in [0.2, 0.25) is 5.91 Å². The molecule has 2 amide bonds. The third-order valence-electron chi connectivity index (χ3n) is 3.42. The first-order valence-corrected chi connectivity index (χ1v) is 7.67. The van der Waals surface area contributed by atoms with Crippen molar-refractivity contribution in [3.05, 3.63) is 29.8 Å². The lowest BCUT2D eigenvalue weighted by Gasteiger charge is -2.13. The summed E-state index contributed by atoms with van der Waals surface area (Å²) in [5.41, 5.74) is 1.24. The highest BCUT2D eigenvalue weighted by Gasteiger charge is 2.14. The molecule has 0 saturated carbocycles. The first kappa shape index (κ1) is 17.2. The largest absolute Gasteiger partial charge is 0.352 e. The Hall–Kier alpha value is -1.84. The Kier molecular flexibility index (Phi) is 6.92. The molecule has 0 aliphatic heterocycles. The van der Waals surface area contributed by atoms with E-state index in [4.69, 9.17) is 0 Å². The molecular weight excluding hydrogens is 264 g/mol. The Morgan fingerprint density at radius 2 is 1.81 bits per heavy atom. The van der Waals surface area contributed by atoms with Gasteiger partial charge in [-0.25, -0.2) is 0 Å². The van der Waals surface area contributed by atoms with Crippen molar-refractivity contribution in [2.75, 3.05) is 11.9 Å². The maximum absolute atomic E-state index is 12.1. The number of nitrogens with one attached hydrogen (secondary N) is 2. The summed E-state index contributed by atoms with van der Waals surface area (Å²) in [7, 11) is 0. The first-order valence-electron chi connectivity index (χ1n) is 7.67. The molecule has 0 spiro atoms. The summed E-state index contributed by atoms with van der Waals surface area (Å²) in [4.78, 5) is 24.1. The topological polar surface area (TPSA) is 58.2 Å². The number of carbonyl (C=O) groups is 2. The maximum atomic E-state index is 12.1. The zero-order chi connectivity index (χ0) is 15.8. The van der Waals surface area contributed by atoms with Crippen LogP contribution in [0.15, 0.2) is 24.3 Å². The van der Waals surface area contributed by atoms with Gasteiger partial charge in [-0.1, -0.05) is 33.8 Å². The third kappa shape index (κ3) is 5.58. The minimum Gasteiger partial charge on any atom is -0.352 e. The standard InChI is InChI=1S/C17H26N2O2/c1-5-13(6-2)17(21)19-15-9-7-8-14(10-15)16(20)18-11-12(3)4/h7-10,12-13H,5-6,11H2,1-4H3,(H,18,20)(H,19,21). The summed E-state index contributed by atoms with van der Waals surface area (Å²) in [6.45, 7) is 8.75. The first-order chi connectivity index (χ1) is 9.97. The Morgan fingerprint density at radius 3 is 2.38 bits per heavy atom. The van der Waals surface area contributed by atoms with Gasteiger partial charge in [0, 0.05) is 23.7 Å². The van der Waals surface area contributed by atoms with Crippen LogP contribution in [0.3, 0.4) is 0 Å². The van der Waals surface area contributed by atoms with Crippen molar-refractivity contribution < 1.29 is 9.59 Å². The molecule has 0 aliphatic rings. The molecule has 1 aromatic carbocycles. The van der Waals surface area contributed by atoms with E-state index in [1.54, 1.807) is 24.3 Å². The number of benzene rings is 1. The van der Waals surface area contributed by atoms with Gasteiger partial charge in [-0.15, -0.1) is 0 Å². The molecule has 21 heavy (non-hydrogen) atoms. The van der Waals surface area contributed by atoms with E-state index in [1.165, 1.54) is 0 Å². The molecule has 1 aromatic rings. The Morgan fingerprint density at radius 1 is 1.14 bits per heavy atom. The lowest BCUT2D eigenvalue weighted by molar-refractivity contribution is -0.120. The number of rotatable bonds is 7. The summed E-state index contributed by atoms with van der Waals surface area (Å²) in [6, 6.07) is 7.06. The highest BCUT2D eigenvalue weighted by molar-refractivity contribution is 5.97. The Balaban J connectivity index is 2.72. The predicted octanol–water partition coefficient (Wildman–Crippen LogP) is 3.45. The smallest absolute Gasteiger partial charge is 0.251 e. The van der Waals surface area contributed by atoms with E-state index >= 15 is 0 Å². The van der Waals surface area contributed by atoms with Crippen molar-refractivity contribution in [2.45, 2.75) is 40.5 Å². The van der Waals surface area contributed by atoms with Gasteiger partial charge >= 0.3 is 0 Å². The molecule has 4 heteroatoms. The van der Waals surface area contributed by atoms with Gasteiger partial charge in [0.15, 0.2) is 0 Å². The summed E-state index contributed by atoms with van der Waals surface area (Å²) in [6.07, 6.45) is 1.63.